The third-order valence-corrected chi connectivity index (χ3v) is 4.51. The number of phenolic OH excluding ortho intramolecular Hbond substituents is 1. The van der Waals surface area contributed by atoms with Crippen molar-refractivity contribution in [3.8, 4) is 5.75 Å². The van der Waals surface area contributed by atoms with Crippen LogP contribution in [0.4, 0.5) is 0 Å². The highest BCUT2D eigenvalue weighted by atomic mass is 32.1. The number of thiocarbonyl (C=S) groups is 1. The predicted octanol–water partition coefficient (Wildman–Crippen LogP) is 1.01. The first-order valence-electron chi connectivity index (χ1n) is 8.44. The highest BCUT2D eigenvalue weighted by Gasteiger charge is 2.31. The maximum atomic E-state index is 11.9. The van der Waals surface area contributed by atoms with Gasteiger partial charge < -0.3 is 25.9 Å². The Morgan fingerprint density at radius 1 is 1.35 bits per heavy atom. The van der Waals surface area contributed by atoms with Crippen LogP contribution >= 0.6 is 12.2 Å². The molecule has 3 rings (SSSR count). The molecule has 0 amide bonds. The fourth-order valence-corrected chi connectivity index (χ4v) is 3.28. The van der Waals surface area contributed by atoms with E-state index in [1.54, 1.807) is 19.1 Å². The first kappa shape index (κ1) is 20.0. The van der Waals surface area contributed by atoms with E-state index in [2.05, 4.69) is 16.5 Å². The van der Waals surface area contributed by atoms with Crippen molar-refractivity contribution in [3.05, 3.63) is 52.1 Å². The summed E-state index contributed by atoms with van der Waals surface area (Å²) >= 11 is 5.18. The van der Waals surface area contributed by atoms with E-state index in [0.717, 1.165) is 31.9 Å². The highest BCUT2D eigenvalue weighted by molar-refractivity contribution is 7.80. The number of ether oxygens (including phenoxy) is 1. The summed E-state index contributed by atoms with van der Waals surface area (Å²) in [4.78, 5) is 12.3. The zero-order chi connectivity index (χ0) is 19.1. The summed E-state index contributed by atoms with van der Waals surface area (Å²) < 4.78 is 5.04. The standard InChI is InChI=1S/C15H13N2O2S.C4H9NO/c1-8-13(9(2)18)14(12(7-16)15(20)17-8)10-3-5-11(19)6-4-10;1-3-6-4-2-5-1/h3-6,14,19H,1-2H3,(H,17,20);5H,1-4H2/q-1;/p+1. The SMILES string of the molecule is C1COCC[NH2+]1.CC(=O)C1=C(C)NC(=S)C(=C=[N-])C1c1ccc(O)cc1. The van der Waals surface area contributed by atoms with Gasteiger partial charge in [0.25, 0.3) is 0 Å². The van der Waals surface area contributed by atoms with Crippen LogP contribution in [-0.4, -0.2) is 48.1 Å². The molecule has 1 aromatic rings. The monoisotopic (exact) mass is 373 g/mol. The zero-order valence-corrected chi connectivity index (χ0v) is 15.7. The number of quaternary nitrogens is 1. The number of rotatable bonds is 2. The van der Waals surface area contributed by atoms with Crippen molar-refractivity contribution in [3.63, 3.8) is 0 Å². The smallest absolute Gasteiger partial charge is 0.158 e. The van der Waals surface area contributed by atoms with E-state index in [1.165, 1.54) is 19.1 Å². The Balaban J connectivity index is 0.000000342. The predicted molar refractivity (Wildman–Crippen MR) is 104 cm³/mol. The molecular weight excluding hydrogens is 350 g/mol. The number of nitrogens with zero attached hydrogens (tertiary/aromatic N) is 1. The molecule has 0 aromatic heterocycles. The minimum absolute atomic E-state index is 0.108. The van der Waals surface area contributed by atoms with Crippen molar-refractivity contribution in [2.45, 2.75) is 19.8 Å². The Labute approximate surface area is 158 Å². The van der Waals surface area contributed by atoms with Crippen LogP contribution in [0.2, 0.25) is 0 Å². The van der Waals surface area contributed by atoms with E-state index in [-0.39, 0.29) is 11.5 Å². The first-order chi connectivity index (χ1) is 12.5. The molecule has 4 N–H and O–H groups in total. The lowest BCUT2D eigenvalue weighted by Crippen LogP contribution is -2.87. The number of nitrogens with two attached hydrogens (primary N) is 1. The third kappa shape index (κ3) is 4.86. The van der Waals surface area contributed by atoms with Gasteiger partial charge in [-0.05, 0) is 31.5 Å². The summed E-state index contributed by atoms with van der Waals surface area (Å²) in [5.41, 5.74) is 2.30. The number of Topliss-reactive ketones (excluding diaryl/α,β-unsaturated/α-hetero) is 1. The maximum absolute atomic E-state index is 11.9. The van der Waals surface area contributed by atoms with Crippen LogP contribution in [0.15, 0.2) is 41.1 Å². The minimum atomic E-state index is -0.480. The number of morpholine rings is 1. The molecule has 7 heteroatoms. The van der Waals surface area contributed by atoms with Gasteiger partial charge in [-0.1, -0.05) is 24.4 Å². The van der Waals surface area contributed by atoms with E-state index in [1.807, 2.05) is 0 Å². The first-order valence-corrected chi connectivity index (χ1v) is 8.84. The third-order valence-electron chi connectivity index (χ3n) is 4.19. The molecule has 1 unspecified atom stereocenters. The van der Waals surface area contributed by atoms with Crippen LogP contribution in [-0.2, 0) is 9.53 Å². The average Bonchev–Trinajstić information content (AvgIpc) is 2.63. The maximum Gasteiger partial charge on any atom is 0.158 e. The molecule has 138 valence electrons. The summed E-state index contributed by atoms with van der Waals surface area (Å²) in [5, 5.41) is 23.9. The minimum Gasteiger partial charge on any atom is -0.763 e. The van der Waals surface area contributed by atoms with Gasteiger partial charge in [0, 0.05) is 22.8 Å². The molecule has 2 aliphatic rings. The fraction of sp³-hybridized carbons (Fsp3) is 0.368. The fourth-order valence-electron chi connectivity index (χ4n) is 2.96. The van der Waals surface area contributed by atoms with Crippen LogP contribution in [0.25, 0.3) is 5.41 Å². The van der Waals surface area contributed by atoms with E-state index in [0.29, 0.717) is 21.8 Å². The lowest BCUT2D eigenvalue weighted by atomic mass is 9.80. The molecule has 1 fully saturated rings. The number of benzene rings is 1. The summed E-state index contributed by atoms with van der Waals surface area (Å²) in [6.45, 7) is 7.43. The number of hydrogen-bond acceptors (Lipinski definition) is 4. The van der Waals surface area contributed by atoms with Gasteiger partial charge in [0.05, 0.1) is 26.3 Å². The Bertz CT molecular complexity index is 749. The van der Waals surface area contributed by atoms with Crippen LogP contribution in [0, 0.1) is 0 Å². The summed E-state index contributed by atoms with van der Waals surface area (Å²) in [6.07, 6.45) is 0. The van der Waals surface area contributed by atoms with E-state index >= 15 is 0 Å². The summed E-state index contributed by atoms with van der Waals surface area (Å²) in [5.74, 6) is 1.63. The van der Waals surface area contributed by atoms with Gasteiger partial charge in [0.2, 0.25) is 0 Å². The number of carbonyl (C=O) groups excluding carboxylic acids is 1. The lowest BCUT2D eigenvalue weighted by molar-refractivity contribution is -0.670. The Kier molecular flexibility index (Phi) is 7.24. The summed E-state index contributed by atoms with van der Waals surface area (Å²) in [6, 6.07) is 6.45. The van der Waals surface area contributed by atoms with Gasteiger partial charge >= 0.3 is 0 Å². The van der Waals surface area contributed by atoms with Crippen molar-refractivity contribution >= 4 is 28.9 Å². The number of ketones is 1. The largest absolute Gasteiger partial charge is 0.763 e. The van der Waals surface area contributed by atoms with Crippen molar-refractivity contribution in [2.24, 2.45) is 0 Å². The molecule has 1 aromatic carbocycles. The normalized spacial score (nSPS) is 19.8. The van der Waals surface area contributed by atoms with Gasteiger partial charge in [0.15, 0.2) is 5.78 Å². The Morgan fingerprint density at radius 2 is 1.96 bits per heavy atom. The van der Waals surface area contributed by atoms with Gasteiger partial charge in [-0.15, -0.1) is 0 Å². The van der Waals surface area contributed by atoms with E-state index in [9.17, 15) is 15.3 Å². The van der Waals surface area contributed by atoms with Gasteiger partial charge in [-0.25, -0.2) is 0 Å². The molecule has 0 aliphatic carbocycles. The summed E-state index contributed by atoms with van der Waals surface area (Å²) in [7, 11) is 0. The number of nitrogens with one attached hydrogen (secondary N) is 1. The highest BCUT2D eigenvalue weighted by Crippen LogP contribution is 2.36. The molecule has 6 nitrogen and oxygen atoms in total. The second-order valence-corrected chi connectivity index (χ2v) is 6.49. The molecule has 0 radical (unpaired) electrons. The van der Waals surface area contributed by atoms with Crippen LogP contribution in [0.5, 0.6) is 5.75 Å². The van der Waals surface area contributed by atoms with Gasteiger partial charge in [-0.2, -0.15) is 0 Å². The number of phenols is 1. The molecular formula is C19H23N3O3S. The molecule has 1 atom stereocenters. The van der Waals surface area contributed by atoms with Crippen molar-refractivity contribution < 1.29 is 20.0 Å². The lowest BCUT2D eigenvalue weighted by Gasteiger charge is -2.30. The van der Waals surface area contributed by atoms with Crippen molar-refractivity contribution in [2.75, 3.05) is 26.3 Å². The van der Waals surface area contributed by atoms with Crippen LogP contribution in [0.3, 0.4) is 0 Å². The van der Waals surface area contributed by atoms with E-state index < -0.39 is 5.92 Å². The molecule has 0 saturated carbocycles. The van der Waals surface area contributed by atoms with Gasteiger partial charge in [-0.3, -0.25) is 10.7 Å². The van der Waals surface area contributed by atoms with Gasteiger partial charge in [0.1, 0.15) is 10.7 Å². The molecule has 1 saturated heterocycles. The van der Waals surface area contributed by atoms with E-state index in [4.69, 9.17) is 17.0 Å². The second-order valence-electron chi connectivity index (χ2n) is 6.08. The number of hydrogen-bond donors (Lipinski definition) is 3. The molecule has 2 aliphatic heterocycles. The molecule has 0 bridgehead atoms. The van der Waals surface area contributed by atoms with Crippen LogP contribution in [0.1, 0.15) is 25.3 Å². The van der Waals surface area contributed by atoms with Crippen molar-refractivity contribution in [1.82, 2.24) is 5.32 Å². The van der Waals surface area contributed by atoms with Crippen molar-refractivity contribution in [1.29, 1.82) is 0 Å². The molecule has 26 heavy (non-hydrogen) atoms. The number of carbonyl (C=O) groups is 1. The Morgan fingerprint density at radius 3 is 2.38 bits per heavy atom. The quantitative estimate of drug-likeness (QED) is 0.408. The number of aromatic hydroxyl groups is 1. The average molecular weight is 373 g/mol. The zero-order valence-electron chi connectivity index (χ0n) is 14.9. The topological polar surface area (TPSA) is 97.5 Å². The number of allylic oxidation sites excluding steroid dienone is 2. The molecule has 2 heterocycles. The van der Waals surface area contributed by atoms with Crippen LogP contribution < -0.4 is 10.6 Å². The molecule has 0 spiro atoms. The second kappa shape index (κ2) is 9.40. The Hall–Kier alpha value is -2.31.